The minimum atomic E-state index is -4.28. The minimum absolute atomic E-state index is 0.146. The van der Waals surface area contributed by atoms with Crippen LogP contribution in [-0.2, 0) is 16.6 Å². The number of amides is 1. The summed E-state index contributed by atoms with van der Waals surface area (Å²) in [4.78, 5) is 17.6. The van der Waals surface area contributed by atoms with E-state index in [0.717, 1.165) is 35.2 Å². The molecular weight excluding hydrogens is 443 g/mol. The molecule has 3 aromatic rings. The standard InChI is InChI=1S/C22H18F3N3O3S/c1-2-10-27-32(30,31)21-12-15(6-8-18(21)24)22(29)28(14-17-5-3-4-11-26-17)20-9-7-16(23)13-19(20)25/h2-9,11-13,27H,1,10,14H2. The number of carbonyl (C=O) groups excluding carboxylic acids is 1. The van der Waals surface area contributed by atoms with E-state index in [0.29, 0.717) is 11.8 Å². The van der Waals surface area contributed by atoms with E-state index in [1.165, 1.54) is 12.3 Å². The third-order valence-electron chi connectivity index (χ3n) is 4.38. The van der Waals surface area contributed by atoms with Crippen molar-refractivity contribution in [2.45, 2.75) is 11.4 Å². The Morgan fingerprint density at radius 3 is 2.50 bits per heavy atom. The molecule has 10 heteroatoms. The first kappa shape index (κ1) is 23.2. The van der Waals surface area contributed by atoms with E-state index in [2.05, 4.69) is 16.3 Å². The first-order chi connectivity index (χ1) is 15.2. The largest absolute Gasteiger partial charge is 0.299 e. The summed E-state index contributed by atoms with van der Waals surface area (Å²) in [5, 5.41) is 0. The third-order valence-corrected chi connectivity index (χ3v) is 5.82. The van der Waals surface area contributed by atoms with Crippen LogP contribution >= 0.6 is 0 Å². The van der Waals surface area contributed by atoms with Gasteiger partial charge < -0.3 is 0 Å². The number of nitrogens with zero attached hydrogens (tertiary/aromatic N) is 2. The van der Waals surface area contributed by atoms with Gasteiger partial charge in [0.1, 0.15) is 22.3 Å². The van der Waals surface area contributed by atoms with Gasteiger partial charge in [-0.15, -0.1) is 6.58 Å². The lowest BCUT2D eigenvalue weighted by Gasteiger charge is -2.23. The van der Waals surface area contributed by atoms with Crippen LogP contribution in [0.1, 0.15) is 16.1 Å². The summed E-state index contributed by atoms with van der Waals surface area (Å²) in [6, 6.07) is 10.4. The van der Waals surface area contributed by atoms with E-state index in [-0.39, 0.29) is 24.3 Å². The molecule has 1 amide bonds. The highest BCUT2D eigenvalue weighted by atomic mass is 32.2. The van der Waals surface area contributed by atoms with Gasteiger partial charge in [-0.25, -0.2) is 26.3 Å². The molecule has 3 rings (SSSR count). The lowest BCUT2D eigenvalue weighted by atomic mass is 10.1. The Bertz CT molecular complexity index is 1250. The van der Waals surface area contributed by atoms with Gasteiger partial charge in [-0.1, -0.05) is 12.1 Å². The Labute approximate surface area is 183 Å². The number of hydrogen-bond donors (Lipinski definition) is 1. The molecule has 0 fully saturated rings. The topological polar surface area (TPSA) is 79.4 Å². The van der Waals surface area contributed by atoms with Crippen LogP contribution in [0, 0.1) is 17.5 Å². The SMILES string of the molecule is C=CCNS(=O)(=O)c1cc(C(=O)N(Cc2ccccn2)c2ccc(F)cc2F)ccc1F. The van der Waals surface area contributed by atoms with Gasteiger partial charge in [0.2, 0.25) is 10.0 Å². The highest BCUT2D eigenvalue weighted by Crippen LogP contribution is 2.25. The maximum absolute atomic E-state index is 14.5. The molecule has 0 bridgehead atoms. The Morgan fingerprint density at radius 2 is 1.84 bits per heavy atom. The molecule has 0 saturated heterocycles. The summed E-state index contributed by atoms with van der Waals surface area (Å²) in [6.07, 6.45) is 2.75. The van der Waals surface area contributed by atoms with Crippen molar-refractivity contribution in [1.29, 1.82) is 0 Å². The quantitative estimate of drug-likeness (QED) is 0.518. The number of rotatable bonds is 8. The predicted molar refractivity (Wildman–Crippen MR) is 113 cm³/mol. The molecule has 0 aliphatic carbocycles. The number of carbonyl (C=O) groups is 1. The fraction of sp³-hybridized carbons (Fsp3) is 0.0909. The van der Waals surface area contributed by atoms with Crippen molar-refractivity contribution < 1.29 is 26.4 Å². The molecular formula is C22H18F3N3O3S. The van der Waals surface area contributed by atoms with Crippen LogP contribution in [0.5, 0.6) is 0 Å². The Hall–Kier alpha value is -3.50. The molecule has 0 aliphatic rings. The van der Waals surface area contributed by atoms with Crippen molar-refractivity contribution in [3.63, 3.8) is 0 Å². The van der Waals surface area contributed by atoms with Gasteiger partial charge in [-0.2, -0.15) is 0 Å². The summed E-state index contributed by atoms with van der Waals surface area (Å²) >= 11 is 0. The molecule has 0 atom stereocenters. The molecule has 6 nitrogen and oxygen atoms in total. The molecule has 166 valence electrons. The van der Waals surface area contributed by atoms with E-state index in [4.69, 9.17) is 0 Å². The summed E-state index contributed by atoms with van der Waals surface area (Å²) in [5.41, 5.74) is -0.0715. The van der Waals surface area contributed by atoms with Crippen LogP contribution in [0.4, 0.5) is 18.9 Å². The van der Waals surface area contributed by atoms with Crippen molar-refractivity contribution in [2.24, 2.45) is 0 Å². The summed E-state index contributed by atoms with van der Waals surface area (Å²) in [6.45, 7) is 3.04. The molecule has 1 N–H and O–H groups in total. The van der Waals surface area contributed by atoms with Gasteiger partial charge in [-0.3, -0.25) is 14.7 Å². The van der Waals surface area contributed by atoms with Crippen LogP contribution in [0.15, 0.2) is 78.3 Å². The number of anilines is 1. The monoisotopic (exact) mass is 461 g/mol. The second-order valence-electron chi connectivity index (χ2n) is 6.59. The fourth-order valence-electron chi connectivity index (χ4n) is 2.86. The van der Waals surface area contributed by atoms with Gasteiger partial charge in [0.25, 0.3) is 5.91 Å². The van der Waals surface area contributed by atoms with Crippen LogP contribution in [0.25, 0.3) is 0 Å². The zero-order chi connectivity index (χ0) is 23.3. The van der Waals surface area contributed by atoms with Crippen LogP contribution < -0.4 is 9.62 Å². The Kier molecular flexibility index (Phi) is 7.06. The fourth-order valence-corrected chi connectivity index (χ4v) is 3.96. The number of halogens is 3. The third kappa shape index (κ3) is 5.21. The van der Waals surface area contributed by atoms with E-state index in [1.54, 1.807) is 18.2 Å². The number of hydrogen-bond acceptors (Lipinski definition) is 4. The smallest absolute Gasteiger partial charge is 0.258 e. The number of benzene rings is 2. The Balaban J connectivity index is 2.06. The summed E-state index contributed by atoms with van der Waals surface area (Å²) in [5.74, 6) is -3.74. The average molecular weight is 461 g/mol. The van der Waals surface area contributed by atoms with Crippen molar-refractivity contribution >= 4 is 21.6 Å². The number of pyridine rings is 1. The maximum Gasteiger partial charge on any atom is 0.258 e. The molecule has 0 unspecified atom stereocenters. The lowest BCUT2D eigenvalue weighted by molar-refractivity contribution is 0.0983. The lowest BCUT2D eigenvalue weighted by Crippen LogP contribution is -2.32. The van der Waals surface area contributed by atoms with Crippen LogP contribution in [0.2, 0.25) is 0 Å². The van der Waals surface area contributed by atoms with Crippen molar-refractivity contribution in [3.05, 3.63) is 102 Å². The molecule has 0 saturated carbocycles. The summed E-state index contributed by atoms with van der Waals surface area (Å²) in [7, 11) is -4.28. The van der Waals surface area contributed by atoms with Crippen molar-refractivity contribution in [2.75, 3.05) is 11.4 Å². The molecule has 0 aliphatic heterocycles. The number of sulfonamides is 1. The van der Waals surface area contributed by atoms with Gasteiger partial charge in [-0.05, 0) is 42.5 Å². The van der Waals surface area contributed by atoms with Gasteiger partial charge in [0.15, 0.2) is 0 Å². The Morgan fingerprint density at radius 1 is 1.06 bits per heavy atom. The normalized spacial score (nSPS) is 11.2. The molecule has 1 heterocycles. The molecule has 0 radical (unpaired) electrons. The van der Waals surface area contributed by atoms with Crippen molar-refractivity contribution in [3.8, 4) is 0 Å². The molecule has 0 spiro atoms. The first-order valence-corrected chi connectivity index (χ1v) is 10.8. The van der Waals surface area contributed by atoms with E-state index < -0.39 is 38.3 Å². The molecule has 32 heavy (non-hydrogen) atoms. The highest BCUT2D eigenvalue weighted by molar-refractivity contribution is 7.89. The maximum atomic E-state index is 14.5. The second-order valence-corrected chi connectivity index (χ2v) is 8.33. The summed E-state index contributed by atoms with van der Waals surface area (Å²) < 4.78 is 69.1. The van der Waals surface area contributed by atoms with Gasteiger partial charge >= 0.3 is 0 Å². The number of aromatic nitrogens is 1. The minimum Gasteiger partial charge on any atom is -0.299 e. The predicted octanol–water partition coefficient (Wildman–Crippen LogP) is 3.81. The highest BCUT2D eigenvalue weighted by Gasteiger charge is 2.25. The van der Waals surface area contributed by atoms with Crippen LogP contribution in [0.3, 0.4) is 0 Å². The second kappa shape index (κ2) is 9.75. The molecule has 2 aromatic carbocycles. The van der Waals surface area contributed by atoms with E-state index in [9.17, 15) is 26.4 Å². The zero-order valence-electron chi connectivity index (χ0n) is 16.6. The van der Waals surface area contributed by atoms with E-state index in [1.807, 2.05) is 0 Å². The average Bonchev–Trinajstić information content (AvgIpc) is 2.77. The zero-order valence-corrected chi connectivity index (χ0v) is 17.4. The van der Waals surface area contributed by atoms with Crippen molar-refractivity contribution in [1.82, 2.24) is 9.71 Å². The van der Waals surface area contributed by atoms with Gasteiger partial charge in [0.05, 0.1) is 17.9 Å². The van der Waals surface area contributed by atoms with Gasteiger partial charge in [0, 0.05) is 24.4 Å². The number of nitrogens with one attached hydrogen (secondary N) is 1. The van der Waals surface area contributed by atoms with Crippen LogP contribution in [-0.4, -0.2) is 25.9 Å². The molecule has 1 aromatic heterocycles. The first-order valence-electron chi connectivity index (χ1n) is 9.30. The van der Waals surface area contributed by atoms with E-state index >= 15 is 0 Å².